The lowest BCUT2D eigenvalue weighted by molar-refractivity contribution is -0.126. The minimum atomic E-state index is -0.202. The van der Waals surface area contributed by atoms with Crippen molar-refractivity contribution in [2.45, 2.75) is 128 Å². The van der Waals surface area contributed by atoms with Crippen molar-refractivity contribution in [3.63, 3.8) is 0 Å². The van der Waals surface area contributed by atoms with Gasteiger partial charge in [-0.2, -0.15) is 0 Å². The molecule has 5 nitrogen and oxygen atoms in total. The Balaban J connectivity index is 0.000000172. The SMILES string of the molecule is CC1CCCC(NC2CCCCC2)C1.CN1C(=O)C(CCC2CCCCC2)N=C1N. The number of likely N-dealkylation sites (N-methyl/N-ethyl adjacent to an activating group) is 1. The van der Waals surface area contributed by atoms with Crippen LogP contribution in [0.2, 0.25) is 0 Å². The van der Waals surface area contributed by atoms with E-state index >= 15 is 0 Å². The first kappa shape index (κ1) is 23.6. The Hall–Kier alpha value is -1.10. The topological polar surface area (TPSA) is 70.7 Å². The number of carbonyl (C=O) groups is 1. The molecule has 172 valence electrons. The number of aliphatic imine (C=N–C) groups is 1. The molecule has 3 atom stereocenters. The summed E-state index contributed by atoms with van der Waals surface area (Å²) in [6, 6.07) is 1.51. The largest absolute Gasteiger partial charge is 0.369 e. The quantitative estimate of drug-likeness (QED) is 0.661. The summed E-state index contributed by atoms with van der Waals surface area (Å²) >= 11 is 0. The summed E-state index contributed by atoms with van der Waals surface area (Å²) in [4.78, 5) is 17.4. The van der Waals surface area contributed by atoms with E-state index in [1.54, 1.807) is 7.05 Å². The molecule has 4 rings (SSSR count). The summed E-state index contributed by atoms with van der Waals surface area (Å²) in [5.41, 5.74) is 5.62. The van der Waals surface area contributed by atoms with E-state index in [0.717, 1.165) is 36.8 Å². The number of amides is 1. The van der Waals surface area contributed by atoms with Crippen LogP contribution in [0.4, 0.5) is 0 Å². The fourth-order valence-corrected chi connectivity index (χ4v) is 5.88. The molecule has 3 unspecified atom stereocenters. The van der Waals surface area contributed by atoms with Crippen molar-refractivity contribution < 1.29 is 4.79 Å². The Morgan fingerprint density at radius 2 is 1.53 bits per heavy atom. The van der Waals surface area contributed by atoms with Gasteiger partial charge in [0.05, 0.1) is 0 Å². The summed E-state index contributed by atoms with van der Waals surface area (Å²) < 4.78 is 0. The first-order valence-electron chi connectivity index (χ1n) is 12.9. The molecule has 3 aliphatic carbocycles. The van der Waals surface area contributed by atoms with E-state index in [2.05, 4.69) is 17.2 Å². The Morgan fingerprint density at radius 3 is 2.13 bits per heavy atom. The van der Waals surface area contributed by atoms with Crippen LogP contribution in [0.25, 0.3) is 0 Å². The molecule has 3 N–H and O–H groups in total. The summed E-state index contributed by atoms with van der Waals surface area (Å²) in [5, 5.41) is 3.89. The van der Waals surface area contributed by atoms with E-state index in [1.165, 1.54) is 94.8 Å². The molecule has 0 saturated heterocycles. The predicted molar refractivity (Wildman–Crippen MR) is 125 cm³/mol. The molecule has 0 aromatic carbocycles. The standard InChI is InChI=1S/C13H25N.C12H21N3O/c1-11-6-5-9-13(10-11)14-12-7-3-2-4-8-12;1-15-11(16)10(14-12(15)13)8-7-9-5-3-2-4-6-9/h11-14H,2-10H2,1H3;9-10H,2-8H2,1H3,(H2,13,14). The van der Waals surface area contributed by atoms with E-state index in [4.69, 9.17) is 5.73 Å². The highest BCUT2D eigenvalue weighted by Gasteiger charge is 2.30. The molecular weight excluding hydrogens is 372 g/mol. The number of hydrogen-bond donors (Lipinski definition) is 2. The molecular formula is C25H46N4O. The maximum absolute atomic E-state index is 11.7. The van der Waals surface area contributed by atoms with Crippen molar-refractivity contribution in [2.24, 2.45) is 22.6 Å². The van der Waals surface area contributed by atoms with Crippen LogP contribution in [0, 0.1) is 11.8 Å². The maximum Gasteiger partial charge on any atom is 0.253 e. The zero-order chi connectivity index (χ0) is 21.3. The van der Waals surface area contributed by atoms with Crippen LogP contribution in [0.1, 0.15) is 110 Å². The minimum Gasteiger partial charge on any atom is -0.369 e. The monoisotopic (exact) mass is 418 g/mol. The smallest absolute Gasteiger partial charge is 0.253 e. The fraction of sp³-hybridized carbons (Fsp3) is 0.920. The van der Waals surface area contributed by atoms with Gasteiger partial charge < -0.3 is 11.1 Å². The van der Waals surface area contributed by atoms with Crippen LogP contribution >= 0.6 is 0 Å². The lowest BCUT2D eigenvalue weighted by Gasteiger charge is -2.33. The molecule has 0 aromatic rings. The number of nitrogens with one attached hydrogen (secondary N) is 1. The molecule has 30 heavy (non-hydrogen) atoms. The number of carbonyl (C=O) groups excluding carboxylic acids is 1. The zero-order valence-electron chi connectivity index (χ0n) is 19.6. The van der Waals surface area contributed by atoms with Crippen molar-refractivity contribution in [1.82, 2.24) is 10.2 Å². The highest BCUT2D eigenvalue weighted by molar-refractivity contribution is 6.03. The van der Waals surface area contributed by atoms with Gasteiger partial charge in [0.25, 0.3) is 5.91 Å². The molecule has 3 fully saturated rings. The average molecular weight is 419 g/mol. The first-order valence-corrected chi connectivity index (χ1v) is 12.9. The van der Waals surface area contributed by atoms with Gasteiger partial charge in [-0.3, -0.25) is 9.69 Å². The van der Waals surface area contributed by atoms with Crippen LogP contribution in [-0.4, -0.2) is 41.9 Å². The molecule has 5 heteroatoms. The van der Waals surface area contributed by atoms with Crippen LogP contribution in [0.3, 0.4) is 0 Å². The van der Waals surface area contributed by atoms with Crippen LogP contribution in [0.5, 0.6) is 0 Å². The van der Waals surface area contributed by atoms with Crippen LogP contribution in [-0.2, 0) is 4.79 Å². The Morgan fingerprint density at radius 1 is 0.900 bits per heavy atom. The summed E-state index contributed by atoms with van der Waals surface area (Å²) in [7, 11) is 1.70. The molecule has 0 radical (unpaired) electrons. The number of nitrogens with two attached hydrogens (primary N) is 1. The van der Waals surface area contributed by atoms with Gasteiger partial charge in [-0.1, -0.05) is 71.1 Å². The second-order valence-electron chi connectivity index (χ2n) is 10.5. The highest BCUT2D eigenvalue weighted by Crippen LogP contribution is 2.29. The normalized spacial score (nSPS) is 31.3. The van der Waals surface area contributed by atoms with Crippen molar-refractivity contribution in [2.75, 3.05) is 7.05 Å². The van der Waals surface area contributed by atoms with Gasteiger partial charge in [-0.15, -0.1) is 0 Å². The second-order valence-corrected chi connectivity index (χ2v) is 10.5. The number of nitrogens with zero attached hydrogens (tertiary/aromatic N) is 2. The third-order valence-corrected chi connectivity index (χ3v) is 7.83. The fourth-order valence-electron chi connectivity index (χ4n) is 5.88. The van der Waals surface area contributed by atoms with Crippen LogP contribution < -0.4 is 11.1 Å². The average Bonchev–Trinajstić information content (AvgIpc) is 3.01. The Kier molecular flexibility index (Phi) is 9.48. The second kappa shape index (κ2) is 12.1. The van der Waals surface area contributed by atoms with E-state index < -0.39 is 0 Å². The summed E-state index contributed by atoms with van der Waals surface area (Å²) in [6.45, 7) is 2.41. The van der Waals surface area contributed by atoms with Crippen molar-refractivity contribution in [3.05, 3.63) is 0 Å². The van der Waals surface area contributed by atoms with E-state index in [0.29, 0.717) is 5.96 Å². The minimum absolute atomic E-state index is 0.0632. The summed E-state index contributed by atoms with van der Waals surface area (Å²) in [5.74, 6) is 2.21. The van der Waals surface area contributed by atoms with Gasteiger partial charge in [0.15, 0.2) is 5.96 Å². The van der Waals surface area contributed by atoms with Crippen molar-refractivity contribution in [3.8, 4) is 0 Å². The van der Waals surface area contributed by atoms with Gasteiger partial charge in [-0.05, 0) is 50.4 Å². The number of guanidine groups is 1. The molecule has 0 spiro atoms. The van der Waals surface area contributed by atoms with Crippen molar-refractivity contribution >= 4 is 11.9 Å². The number of hydrogen-bond acceptors (Lipinski definition) is 4. The van der Waals surface area contributed by atoms with Gasteiger partial charge in [0.1, 0.15) is 6.04 Å². The number of rotatable bonds is 5. The Bertz CT molecular complexity index is 551. The van der Waals surface area contributed by atoms with Gasteiger partial charge in [0.2, 0.25) is 0 Å². The third-order valence-electron chi connectivity index (χ3n) is 7.83. The lowest BCUT2D eigenvalue weighted by Crippen LogP contribution is -2.41. The molecule has 1 amide bonds. The Labute approximate surface area is 184 Å². The first-order chi connectivity index (χ1) is 14.5. The van der Waals surface area contributed by atoms with E-state index in [9.17, 15) is 4.79 Å². The molecule has 1 aliphatic heterocycles. The van der Waals surface area contributed by atoms with Gasteiger partial charge >= 0.3 is 0 Å². The molecule has 0 bridgehead atoms. The third kappa shape index (κ3) is 7.25. The highest BCUT2D eigenvalue weighted by atomic mass is 16.2. The predicted octanol–water partition coefficient (Wildman–Crippen LogP) is 4.99. The van der Waals surface area contributed by atoms with Crippen LogP contribution in [0.15, 0.2) is 4.99 Å². The molecule has 4 aliphatic rings. The van der Waals surface area contributed by atoms with E-state index in [-0.39, 0.29) is 11.9 Å². The molecule has 3 saturated carbocycles. The zero-order valence-corrected chi connectivity index (χ0v) is 19.6. The van der Waals surface area contributed by atoms with E-state index in [1.807, 2.05) is 0 Å². The summed E-state index contributed by atoms with van der Waals surface area (Å²) in [6.07, 6.45) is 21.8. The molecule has 0 aromatic heterocycles. The molecule has 1 heterocycles. The lowest BCUT2D eigenvalue weighted by atomic mass is 9.85. The van der Waals surface area contributed by atoms with Gasteiger partial charge in [0, 0.05) is 19.1 Å². The maximum atomic E-state index is 11.7. The van der Waals surface area contributed by atoms with Gasteiger partial charge in [-0.25, -0.2) is 4.99 Å². The van der Waals surface area contributed by atoms with Crippen molar-refractivity contribution in [1.29, 1.82) is 0 Å².